The van der Waals surface area contributed by atoms with Gasteiger partial charge in [-0.3, -0.25) is 0 Å². The van der Waals surface area contributed by atoms with E-state index in [0.29, 0.717) is 21.7 Å². The minimum absolute atomic E-state index is 0.0893. The Morgan fingerprint density at radius 1 is 1.40 bits per heavy atom. The number of sulfonamides is 1. The Bertz CT molecular complexity index is 738. The molecule has 1 aliphatic rings. The molecule has 1 aromatic heterocycles. The monoisotopic (exact) mass is 330 g/mol. The van der Waals surface area contributed by atoms with Crippen LogP contribution in [0.1, 0.15) is 12.8 Å². The van der Waals surface area contributed by atoms with E-state index in [1.165, 1.54) is 11.3 Å². The summed E-state index contributed by atoms with van der Waals surface area (Å²) in [7, 11) is -3.49. The number of nitrogens with two attached hydrogens (primary N) is 1. The van der Waals surface area contributed by atoms with Gasteiger partial charge in [0, 0.05) is 22.3 Å². The fraction of sp³-hybridized carbons (Fsp3) is 0.385. The highest BCUT2D eigenvalue weighted by Crippen LogP contribution is 2.32. The minimum atomic E-state index is -3.49. The van der Waals surface area contributed by atoms with Gasteiger partial charge in [0.2, 0.25) is 10.0 Å². The van der Waals surface area contributed by atoms with Crippen molar-refractivity contribution in [2.75, 3.05) is 6.54 Å². The number of thiophene rings is 1. The van der Waals surface area contributed by atoms with Gasteiger partial charge in [0.15, 0.2) is 0 Å². The Balaban J connectivity index is 1.80. The lowest BCUT2D eigenvalue weighted by Crippen LogP contribution is -2.38. The van der Waals surface area contributed by atoms with Gasteiger partial charge in [0.05, 0.1) is 0 Å². The van der Waals surface area contributed by atoms with Crippen LogP contribution in [0.2, 0.25) is 5.02 Å². The summed E-state index contributed by atoms with van der Waals surface area (Å²) < 4.78 is 28.3. The number of hydrogen-bond acceptors (Lipinski definition) is 4. The summed E-state index contributed by atoms with van der Waals surface area (Å²) in [6, 6.07) is 6.91. The van der Waals surface area contributed by atoms with Crippen molar-refractivity contribution >= 4 is 43.0 Å². The zero-order valence-electron chi connectivity index (χ0n) is 10.7. The number of fused-ring (bicyclic) bond motifs is 1. The van der Waals surface area contributed by atoms with Gasteiger partial charge in [-0.15, -0.1) is 11.3 Å². The van der Waals surface area contributed by atoms with Crippen LogP contribution in [0, 0.1) is 5.92 Å². The summed E-state index contributed by atoms with van der Waals surface area (Å²) in [6.45, 7) is 0.294. The standard InChI is InChI=1S/C13H15ClN2O2S2/c14-10-3-4-12-9(5-10)6-13(19-12)20(17,18)16-7-11(15)8-1-2-8/h3-6,8,11,16H,1-2,7,15H2. The second-order valence-corrected chi connectivity index (χ2v) is 8.61. The van der Waals surface area contributed by atoms with Crippen LogP contribution < -0.4 is 10.5 Å². The third-order valence-corrected chi connectivity index (χ3v) is 6.71. The van der Waals surface area contributed by atoms with Crippen molar-refractivity contribution in [3.05, 3.63) is 29.3 Å². The Labute approximate surface area is 127 Å². The number of rotatable bonds is 5. The first-order chi connectivity index (χ1) is 9.45. The van der Waals surface area contributed by atoms with Gasteiger partial charge in [0.1, 0.15) is 4.21 Å². The number of hydrogen-bond donors (Lipinski definition) is 2. The zero-order chi connectivity index (χ0) is 14.3. The quantitative estimate of drug-likeness (QED) is 0.885. The van der Waals surface area contributed by atoms with Crippen molar-refractivity contribution < 1.29 is 8.42 Å². The maximum Gasteiger partial charge on any atom is 0.250 e. The predicted octanol–water partition coefficient (Wildman–Crippen LogP) is 2.57. The molecular weight excluding hydrogens is 316 g/mol. The molecule has 0 spiro atoms. The second kappa shape index (κ2) is 5.27. The molecule has 1 fully saturated rings. The molecule has 7 heteroatoms. The molecule has 3 rings (SSSR count). The van der Waals surface area contributed by atoms with Crippen LogP contribution >= 0.6 is 22.9 Å². The van der Waals surface area contributed by atoms with Crippen LogP contribution in [0.4, 0.5) is 0 Å². The molecule has 3 N–H and O–H groups in total. The molecule has 20 heavy (non-hydrogen) atoms. The largest absolute Gasteiger partial charge is 0.326 e. The number of benzene rings is 1. The van der Waals surface area contributed by atoms with Crippen LogP contribution in [0.5, 0.6) is 0 Å². The van der Waals surface area contributed by atoms with Crippen LogP contribution in [0.25, 0.3) is 10.1 Å². The molecule has 1 heterocycles. The molecule has 1 unspecified atom stereocenters. The Morgan fingerprint density at radius 2 is 2.15 bits per heavy atom. The first-order valence-corrected chi connectivity index (χ1v) is 9.08. The van der Waals surface area contributed by atoms with Gasteiger partial charge in [-0.2, -0.15) is 0 Å². The van der Waals surface area contributed by atoms with Crippen molar-refractivity contribution in [1.82, 2.24) is 4.72 Å². The number of halogens is 1. The summed E-state index contributed by atoms with van der Waals surface area (Å²) in [5, 5.41) is 1.44. The third-order valence-electron chi connectivity index (χ3n) is 3.46. The molecule has 1 aliphatic carbocycles. The predicted molar refractivity (Wildman–Crippen MR) is 82.7 cm³/mol. The van der Waals surface area contributed by atoms with E-state index in [9.17, 15) is 8.42 Å². The van der Waals surface area contributed by atoms with Gasteiger partial charge in [-0.25, -0.2) is 13.1 Å². The van der Waals surface area contributed by atoms with Crippen molar-refractivity contribution in [2.24, 2.45) is 11.7 Å². The van der Waals surface area contributed by atoms with Gasteiger partial charge in [0.25, 0.3) is 0 Å². The lowest BCUT2D eigenvalue weighted by Gasteiger charge is -2.10. The van der Waals surface area contributed by atoms with Crippen LogP contribution in [0.15, 0.2) is 28.5 Å². The SMILES string of the molecule is NC(CNS(=O)(=O)c1cc2cc(Cl)ccc2s1)C1CC1. The second-order valence-electron chi connectivity index (χ2n) is 5.10. The summed E-state index contributed by atoms with van der Waals surface area (Å²) in [5.74, 6) is 0.471. The van der Waals surface area contributed by atoms with Crippen LogP contribution in [0.3, 0.4) is 0 Å². The van der Waals surface area contributed by atoms with Gasteiger partial charge in [-0.1, -0.05) is 11.6 Å². The summed E-state index contributed by atoms with van der Waals surface area (Å²) in [6.07, 6.45) is 2.20. The molecule has 108 valence electrons. The maximum atomic E-state index is 12.2. The molecule has 0 aliphatic heterocycles. The van der Waals surface area contributed by atoms with Crippen molar-refractivity contribution in [3.63, 3.8) is 0 Å². The molecule has 2 aromatic rings. The topological polar surface area (TPSA) is 72.2 Å². The molecule has 0 bridgehead atoms. The average molecular weight is 331 g/mol. The molecular formula is C13H15ClN2O2S2. The molecule has 1 aromatic carbocycles. The lowest BCUT2D eigenvalue weighted by atomic mass is 10.2. The Kier molecular flexibility index (Phi) is 3.77. The smallest absolute Gasteiger partial charge is 0.250 e. The molecule has 0 radical (unpaired) electrons. The maximum absolute atomic E-state index is 12.2. The Hall–Kier alpha value is -0.660. The highest BCUT2D eigenvalue weighted by molar-refractivity contribution is 7.91. The first kappa shape index (κ1) is 14.3. The third kappa shape index (κ3) is 2.99. The van der Waals surface area contributed by atoms with E-state index in [4.69, 9.17) is 17.3 Å². The van der Waals surface area contributed by atoms with Crippen LogP contribution in [-0.2, 0) is 10.0 Å². The van der Waals surface area contributed by atoms with Gasteiger partial charge in [-0.05, 0) is 48.4 Å². The summed E-state index contributed by atoms with van der Waals surface area (Å²) in [5.41, 5.74) is 5.92. The van der Waals surface area contributed by atoms with Crippen LogP contribution in [-0.4, -0.2) is 21.0 Å². The molecule has 0 amide bonds. The van der Waals surface area contributed by atoms with E-state index < -0.39 is 10.0 Å². The average Bonchev–Trinajstić information content (AvgIpc) is 3.15. The summed E-state index contributed by atoms with van der Waals surface area (Å²) >= 11 is 7.15. The van der Waals surface area contributed by atoms with E-state index in [1.54, 1.807) is 18.2 Å². The van der Waals surface area contributed by atoms with E-state index >= 15 is 0 Å². The first-order valence-electron chi connectivity index (χ1n) is 6.40. The zero-order valence-corrected chi connectivity index (χ0v) is 13.1. The number of nitrogens with one attached hydrogen (secondary N) is 1. The highest BCUT2D eigenvalue weighted by Gasteiger charge is 2.29. The van der Waals surface area contributed by atoms with E-state index in [-0.39, 0.29) is 6.04 Å². The van der Waals surface area contributed by atoms with Crippen molar-refractivity contribution in [3.8, 4) is 0 Å². The lowest BCUT2D eigenvalue weighted by molar-refractivity contribution is 0.549. The summed E-state index contributed by atoms with van der Waals surface area (Å²) in [4.78, 5) is 0. The van der Waals surface area contributed by atoms with Gasteiger partial charge >= 0.3 is 0 Å². The Morgan fingerprint density at radius 3 is 2.85 bits per heavy atom. The fourth-order valence-electron chi connectivity index (χ4n) is 2.09. The van der Waals surface area contributed by atoms with Crippen molar-refractivity contribution in [2.45, 2.75) is 23.1 Å². The van der Waals surface area contributed by atoms with E-state index in [0.717, 1.165) is 22.9 Å². The normalized spacial score (nSPS) is 17.5. The molecule has 4 nitrogen and oxygen atoms in total. The molecule has 0 saturated heterocycles. The highest BCUT2D eigenvalue weighted by atomic mass is 35.5. The fourth-order valence-corrected chi connectivity index (χ4v) is 4.77. The van der Waals surface area contributed by atoms with E-state index in [1.807, 2.05) is 6.07 Å². The van der Waals surface area contributed by atoms with Crippen molar-refractivity contribution in [1.29, 1.82) is 0 Å². The molecule has 1 atom stereocenters. The van der Waals surface area contributed by atoms with E-state index in [2.05, 4.69) is 4.72 Å². The minimum Gasteiger partial charge on any atom is -0.326 e. The van der Waals surface area contributed by atoms with Gasteiger partial charge < -0.3 is 5.73 Å². The molecule has 1 saturated carbocycles.